The zero-order chi connectivity index (χ0) is 24.5. The van der Waals surface area contributed by atoms with Crippen LogP contribution in [0.4, 0.5) is 10.1 Å². The van der Waals surface area contributed by atoms with Crippen LogP contribution in [0.25, 0.3) is 33.4 Å². The monoisotopic (exact) mass is 465 g/mol. The summed E-state index contributed by atoms with van der Waals surface area (Å²) in [4.78, 5) is 14.5. The number of carboxylic acid groups (broad SMARTS) is 1. The standard InChI is InChI=1S/C30H24FNO3/c1-19(20-9-5-3-6-10-20)32(2)26-18-27-25(17-24(26)21-11-7-4-8-12-21)28(30(33)34)29(35-27)22-13-15-23(31)16-14-22/h3-19H,1-2H3,(H,33,34). The maximum absolute atomic E-state index is 13.5. The third kappa shape index (κ3) is 4.17. The molecule has 174 valence electrons. The van der Waals surface area contributed by atoms with Crippen LogP contribution < -0.4 is 4.90 Å². The second-order valence-corrected chi connectivity index (χ2v) is 8.55. The number of hydrogen-bond donors (Lipinski definition) is 1. The van der Waals surface area contributed by atoms with Crippen molar-refractivity contribution in [2.45, 2.75) is 13.0 Å². The van der Waals surface area contributed by atoms with Gasteiger partial charge in [0, 0.05) is 35.3 Å². The Hall–Kier alpha value is -4.38. The van der Waals surface area contributed by atoms with E-state index in [1.807, 2.05) is 67.7 Å². The maximum Gasteiger partial charge on any atom is 0.340 e. The first-order valence-corrected chi connectivity index (χ1v) is 11.4. The molecular weight excluding hydrogens is 441 g/mol. The zero-order valence-electron chi connectivity index (χ0n) is 19.4. The molecule has 0 fully saturated rings. The molecule has 0 amide bonds. The van der Waals surface area contributed by atoms with Gasteiger partial charge in [-0.2, -0.15) is 0 Å². The SMILES string of the molecule is CC(c1ccccc1)N(C)c1cc2oc(-c3ccc(F)cc3)c(C(=O)O)c2cc1-c1ccccc1. The molecule has 0 bridgehead atoms. The summed E-state index contributed by atoms with van der Waals surface area (Å²) in [5.41, 5.74) is 4.98. The average Bonchev–Trinajstić information content (AvgIpc) is 3.27. The molecule has 0 aliphatic carbocycles. The van der Waals surface area contributed by atoms with E-state index in [0.29, 0.717) is 16.5 Å². The molecule has 5 aromatic rings. The van der Waals surface area contributed by atoms with Crippen LogP contribution in [0.2, 0.25) is 0 Å². The van der Waals surface area contributed by atoms with Crippen molar-refractivity contribution in [3.05, 3.63) is 114 Å². The summed E-state index contributed by atoms with van der Waals surface area (Å²) in [5.74, 6) is -1.28. The number of carbonyl (C=O) groups is 1. The molecule has 4 aromatic carbocycles. The number of fused-ring (bicyclic) bond motifs is 1. The number of furan rings is 1. The van der Waals surface area contributed by atoms with Gasteiger partial charge in [0.05, 0.1) is 6.04 Å². The van der Waals surface area contributed by atoms with E-state index in [0.717, 1.165) is 22.4 Å². The van der Waals surface area contributed by atoms with Gasteiger partial charge in [-0.05, 0) is 48.4 Å². The van der Waals surface area contributed by atoms with Crippen LogP contribution in [0.3, 0.4) is 0 Å². The van der Waals surface area contributed by atoms with Gasteiger partial charge in [0.2, 0.25) is 0 Å². The van der Waals surface area contributed by atoms with E-state index in [-0.39, 0.29) is 17.4 Å². The van der Waals surface area contributed by atoms with E-state index in [1.54, 1.807) is 0 Å². The maximum atomic E-state index is 13.5. The molecule has 1 unspecified atom stereocenters. The first kappa shape index (κ1) is 22.4. The van der Waals surface area contributed by atoms with Gasteiger partial charge in [0.25, 0.3) is 0 Å². The predicted octanol–water partition coefficient (Wildman–Crippen LogP) is 7.80. The lowest BCUT2D eigenvalue weighted by Crippen LogP contribution is -2.22. The Balaban J connectivity index is 1.75. The lowest BCUT2D eigenvalue weighted by molar-refractivity contribution is 0.0699. The third-order valence-electron chi connectivity index (χ3n) is 6.45. The molecule has 0 spiro atoms. The Morgan fingerprint density at radius 2 is 1.51 bits per heavy atom. The highest BCUT2D eigenvalue weighted by molar-refractivity contribution is 6.10. The third-order valence-corrected chi connectivity index (χ3v) is 6.45. The summed E-state index contributed by atoms with van der Waals surface area (Å²) in [6, 6.07) is 29.6. The van der Waals surface area contributed by atoms with Crippen LogP contribution in [0, 0.1) is 5.82 Å². The van der Waals surface area contributed by atoms with Crippen molar-refractivity contribution in [2.24, 2.45) is 0 Å². The van der Waals surface area contributed by atoms with Gasteiger partial charge in [-0.3, -0.25) is 0 Å². The number of halogens is 1. The molecule has 0 aliphatic heterocycles. The van der Waals surface area contributed by atoms with E-state index in [4.69, 9.17) is 4.42 Å². The molecule has 0 saturated carbocycles. The Morgan fingerprint density at radius 3 is 2.14 bits per heavy atom. The van der Waals surface area contributed by atoms with Crippen molar-refractivity contribution in [1.29, 1.82) is 0 Å². The summed E-state index contributed by atoms with van der Waals surface area (Å²) >= 11 is 0. The highest BCUT2D eigenvalue weighted by Gasteiger charge is 2.25. The second kappa shape index (κ2) is 9.11. The Morgan fingerprint density at radius 1 is 0.886 bits per heavy atom. The summed E-state index contributed by atoms with van der Waals surface area (Å²) < 4.78 is 19.6. The van der Waals surface area contributed by atoms with Gasteiger partial charge in [-0.15, -0.1) is 0 Å². The topological polar surface area (TPSA) is 53.7 Å². The second-order valence-electron chi connectivity index (χ2n) is 8.55. The minimum absolute atomic E-state index is 0.0570. The van der Waals surface area contributed by atoms with Gasteiger partial charge in [-0.25, -0.2) is 9.18 Å². The quantitative estimate of drug-likeness (QED) is 0.278. The van der Waals surface area contributed by atoms with Gasteiger partial charge < -0.3 is 14.4 Å². The molecule has 0 radical (unpaired) electrons. The summed E-state index contributed by atoms with van der Waals surface area (Å²) in [6.07, 6.45) is 0. The first-order valence-electron chi connectivity index (χ1n) is 11.4. The predicted molar refractivity (Wildman–Crippen MR) is 137 cm³/mol. The highest BCUT2D eigenvalue weighted by Crippen LogP contribution is 2.42. The van der Waals surface area contributed by atoms with Crippen molar-refractivity contribution < 1.29 is 18.7 Å². The molecule has 5 heteroatoms. The van der Waals surface area contributed by atoms with Crippen LogP contribution >= 0.6 is 0 Å². The van der Waals surface area contributed by atoms with Crippen LogP contribution in [-0.4, -0.2) is 18.1 Å². The fraction of sp³-hybridized carbons (Fsp3) is 0.100. The van der Waals surface area contributed by atoms with Crippen molar-refractivity contribution in [3.8, 4) is 22.5 Å². The number of hydrogen-bond acceptors (Lipinski definition) is 3. The minimum atomic E-state index is -1.10. The molecule has 1 aromatic heterocycles. The Labute approximate surface area is 202 Å². The van der Waals surface area contributed by atoms with Crippen LogP contribution in [0.15, 0.2) is 101 Å². The molecule has 1 N–H and O–H groups in total. The molecule has 0 aliphatic rings. The fourth-order valence-corrected chi connectivity index (χ4v) is 4.45. The normalized spacial score (nSPS) is 12.0. The van der Waals surface area contributed by atoms with Gasteiger partial charge in [-0.1, -0.05) is 60.7 Å². The molecule has 4 nitrogen and oxygen atoms in total. The largest absolute Gasteiger partial charge is 0.478 e. The van der Waals surface area contributed by atoms with E-state index >= 15 is 0 Å². The molecule has 35 heavy (non-hydrogen) atoms. The van der Waals surface area contributed by atoms with Crippen molar-refractivity contribution >= 4 is 22.6 Å². The number of anilines is 1. The number of aromatic carboxylic acids is 1. The van der Waals surface area contributed by atoms with Crippen LogP contribution in [-0.2, 0) is 0 Å². The smallest absolute Gasteiger partial charge is 0.340 e. The molecule has 0 saturated heterocycles. The van der Waals surface area contributed by atoms with Gasteiger partial charge >= 0.3 is 5.97 Å². The lowest BCUT2D eigenvalue weighted by Gasteiger charge is -2.29. The minimum Gasteiger partial charge on any atom is -0.478 e. The molecule has 1 atom stereocenters. The number of nitrogens with zero attached hydrogens (tertiary/aromatic N) is 1. The zero-order valence-corrected chi connectivity index (χ0v) is 19.4. The van der Waals surface area contributed by atoms with E-state index in [1.165, 1.54) is 24.3 Å². The van der Waals surface area contributed by atoms with Crippen LogP contribution in [0.5, 0.6) is 0 Å². The van der Waals surface area contributed by atoms with E-state index in [9.17, 15) is 14.3 Å². The van der Waals surface area contributed by atoms with E-state index < -0.39 is 11.8 Å². The summed E-state index contributed by atoms with van der Waals surface area (Å²) in [5, 5.41) is 10.6. The van der Waals surface area contributed by atoms with Crippen molar-refractivity contribution in [3.63, 3.8) is 0 Å². The molecular formula is C30H24FNO3. The number of rotatable bonds is 6. The highest BCUT2D eigenvalue weighted by atomic mass is 19.1. The summed E-state index contributed by atoms with van der Waals surface area (Å²) in [7, 11) is 2.02. The fourth-order valence-electron chi connectivity index (χ4n) is 4.45. The number of carboxylic acids is 1. The summed E-state index contributed by atoms with van der Waals surface area (Å²) in [6.45, 7) is 2.13. The Bertz CT molecular complexity index is 1490. The van der Waals surface area contributed by atoms with E-state index in [2.05, 4.69) is 24.0 Å². The van der Waals surface area contributed by atoms with Crippen molar-refractivity contribution in [1.82, 2.24) is 0 Å². The van der Waals surface area contributed by atoms with Crippen molar-refractivity contribution in [2.75, 3.05) is 11.9 Å². The average molecular weight is 466 g/mol. The lowest BCUT2D eigenvalue weighted by atomic mass is 9.97. The number of benzene rings is 4. The van der Waals surface area contributed by atoms with Gasteiger partial charge in [0.1, 0.15) is 22.7 Å². The molecule has 5 rings (SSSR count). The van der Waals surface area contributed by atoms with Crippen LogP contribution in [0.1, 0.15) is 28.9 Å². The molecule has 1 heterocycles. The first-order chi connectivity index (χ1) is 16.9. The van der Waals surface area contributed by atoms with Gasteiger partial charge in [0.15, 0.2) is 0 Å². The Kier molecular flexibility index (Phi) is 5.83.